The highest BCUT2D eigenvalue weighted by Crippen LogP contribution is 2.46. The van der Waals surface area contributed by atoms with Crippen LogP contribution in [0.1, 0.15) is 25.8 Å². The van der Waals surface area contributed by atoms with Gasteiger partial charge in [-0.2, -0.15) is 0 Å². The van der Waals surface area contributed by atoms with Gasteiger partial charge in [0.15, 0.2) is 11.5 Å². The van der Waals surface area contributed by atoms with E-state index < -0.39 is 11.4 Å². The van der Waals surface area contributed by atoms with Crippen molar-refractivity contribution in [1.82, 2.24) is 0 Å². The smallest absolute Gasteiger partial charge is 0.304 e. The number of carboxylic acid groups (broad SMARTS) is 1. The molecule has 4 nitrogen and oxygen atoms in total. The second-order valence-corrected chi connectivity index (χ2v) is 5.46. The molecule has 0 aromatic heterocycles. The Morgan fingerprint density at radius 3 is 2.82 bits per heavy atom. The first-order valence-electron chi connectivity index (χ1n) is 5.22. The second-order valence-electron chi connectivity index (χ2n) is 4.61. The lowest BCUT2D eigenvalue weighted by atomic mass is 9.81. The molecule has 0 atom stereocenters. The summed E-state index contributed by atoms with van der Waals surface area (Å²) in [6, 6.07) is 3.67. The van der Waals surface area contributed by atoms with Gasteiger partial charge in [-0.15, -0.1) is 0 Å². The molecule has 1 aromatic carbocycles. The van der Waals surface area contributed by atoms with Crippen molar-refractivity contribution in [2.75, 3.05) is 6.79 Å². The van der Waals surface area contributed by atoms with Crippen LogP contribution >= 0.6 is 15.9 Å². The van der Waals surface area contributed by atoms with Crippen molar-refractivity contribution in [2.24, 2.45) is 0 Å². The zero-order valence-corrected chi connectivity index (χ0v) is 11.2. The van der Waals surface area contributed by atoms with Crippen LogP contribution in [0.3, 0.4) is 0 Å². The van der Waals surface area contributed by atoms with Gasteiger partial charge in [-0.05, 0) is 12.1 Å². The summed E-state index contributed by atoms with van der Waals surface area (Å²) >= 11 is 3.45. The summed E-state index contributed by atoms with van der Waals surface area (Å²) in [4.78, 5) is 10.9. The van der Waals surface area contributed by atoms with Crippen LogP contribution in [0.25, 0.3) is 0 Å². The first kappa shape index (κ1) is 12.2. The molecule has 17 heavy (non-hydrogen) atoms. The average Bonchev–Trinajstić information content (AvgIpc) is 2.61. The summed E-state index contributed by atoms with van der Waals surface area (Å²) in [5.74, 6) is 0.478. The molecule has 1 heterocycles. The number of benzene rings is 1. The van der Waals surface area contributed by atoms with E-state index in [1.807, 2.05) is 26.0 Å². The Bertz CT molecular complexity index is 468. The highest BCUT2D eigenvalue weighted by Gasteiger charge is 2.33. The van der Waals surface area contributed by atoms with Crippen LogP contribution in [0.15, 0.2) is 16.6 Å². The van der Waals surface area contributed by atoms with E-state index >= 15 is 0 Å². The van der Waals surface area contributed by atoms with Gasteiger partial charge in [0.05, 0.1) is 6.42 Å². The number of ether oxygens (including phenoxy) is 2. The molecular formula is C12H13BrO4. The number of hydrogen-bond acceptors (Lipinski definition) is 3. The molecule has 0 amide bonds. The summed E-state index contributed by atoms with van der Waals surface area (Å²) in [5, 5.41) is 8.96. The number of halogens is 1. The van der Waals surface area contributed by atoms with E-state index in [2.05, 4.69) is 15.9 Å². The van der Waals surface area contributed by atoms with Gasteiger partial charge in [0, 0.05) is 15.5 Å². The minimum atomic E-state index is -0.835. The molecule has 0 fully saturated rings. The summed E-state index contributed by atoms with van der Waals surface area (Å²) in [7, 11) is 0. The van der Waals surface area contributed by atoms with Gasteiger partial charge < -0.3 is 14.6 Å². The number of rotatable bonds is 3. The summed E-state index contributed by atoms with van der Waals surface area (Å²) < 4.78 is 11.6. The maximum atomic E-state index is 10.9. The van der Waals surface area contributed by atoms with Gasteiger partial charge in [-0.25, -0.2) is 0 Å². The van der Waals surface area contributed by atoms with Crippen LogP contribution in [-0.2, 0) is 10.2 Å². The first-order chi connectivity index (χ1) is 7.92. The molecule has 0 radical (unpaired) electrons. The van der Waals surface area contributed by atoms with Gasteiger partial charge in [-0.1, -0.05) is 29.8 Å². The third kappa shape index (κ3) is 2.24. The number of aliphatic carboxylic acids is 1. The van der Waals surface area contributed by atoms with E-state index in [0.717, 1.165) is 10.0 Å². The predicted octanol–water partition coefficient (Wildman–Crippen LogP) is 2.93. The van der Waals surface area contributed by atoms with E-state index in [-0.39, 0.29) is 13.2 Å². The Kier molecular flexibility index (Phi) is 3.03. The number of hydrogen-bond donors (Lipinski definition) is 1. The lowest BCUT2D eigenvalue weighted by molar-refractivity contribution is -0.138. The predicted molar refractivity (Wildman–Crippen MR) is 65.5 cm³/mol. The third-order valence-electron chi connectivity index (χ3n) is 2.76. The Balaban J connectivity index is 2.51. The fraction of sp³-hybridized carbons (Fsp3) is 0.417. The maximum Gasteiger partial charge on any atom is 0.304 e. The van der Waals surface area contributed by atoms with Gasteiger partial charge >= 0.3 is 5.97 Å². The molecule has 0 spiro atoms. The standard InChI is InChI=1S/C12H13BrO4/c1-12(2,5-9(14)15)10-7(13)3-4-8-11(10)17-6-16-8/h3-4H,5-6H2,1-2H3,(H,14,15). The molecule has 2 rings (SSSR count). The van der Waals surface area contributed by atoms with Gasteiger partial charge in [0.2, 0.25) is 6.79 Å². The normalized spacial score (nSPS) is 13.8. The van der Waals surface area contributed by atoms with Crippen LogP contribution in [0.5, 0.6) is 11.5 Å². The van der Waals surface area contributed by atoms with Crippen molar-refractivity contribution >= 4 is 21.9 Å². The minimum Gasteiger partial charge on any atom is -0.481 e. The zero-order chi connectivity index (χ0) is 12.6. The van der Waals surface area contributed by atoms with Crippen LogP contribution < -0.4 is 9.47 Å². The van der Waals surface area contributed by atoms with E-state index in [0.29, 0.717) is 11.5 Å². The molecule has 1 aliphatic heterocycles. The zero-order valence-electron chi connectivity index (χ0n) is 9.62. The van der Waals surface area contributed by atoms with Crippen LogP contribution in [0, 0.1) is 0 Å². The fourth-order valence-corrected chi connectivity index (χ4v) is 2.89. The Morgan fingerprint density at radius 2 is 2.18 bits per heavy atom. The van der Waals surface area contributed by atoms with E-state index in [4.69, 9.17) is 14.6 Å². The fourth-order valence-electron chi connectivity index (χ4n) is 2.05. The maximum absolute atomic E-state index is 10.9. The monoisotopic (exact) mass is 300 g/mol. The average molecular weight is 301 g/mol. The van der Waals surface area contributed by atoms with Crippen molar-refractivity contribution in [2.45, 2.75) is 25.7 Å². The van der Waals surface area contributed by atoms with E-state index in [1.54, 1.807) is 0 Å². The topological polar surface area (TPSA) is 55.8 Å². The van der Waals surface area contributed by atoms with Crippen molar-refractivity contribution in [1.29, 1.82) is 0 Å². The summed E-state index contributed by atoms with van der Waals surface area (Å²) in [6.07, 6.45) is 0.0331. The molecular weight excluding hydrogens is 288 g/mol. The molecule has 0 aliphatic carbocycles. The largest absolute Gasteiger partial charge is 0.481 e. The minimum absolute atomic E-state index is 0.0331. The number of carbonyl (C=O) groups is 1. The molecule has 92 valence electrons. The van der Waals surface area contributed by atoms with Crippen molar-refractivity contribution in [3.63, 3.8) is 0 Å². The lowest BCUT2D eigenvalue weighted by Crippen LogP contribution is -2.22. The molecule has 1 aliphatic rings. The van der Waals surface area contributed by atoms with Crippen molar-refractivity contribution in [3.8, 4) is 11.5 Å². The molecule has 0 saturated carbocycles. The van der Waals surface area contributed by atoms with Gasteiger partial charge in [0.25, 0.3) is 0 Å². The number of carboxylic acids is 1. The van der Waals surface area contributed by atoms with Crippen molar-refractivity contribution in [3.05, 3.63) is 22.2 Å². The molecule has 0 bridgehead atoms. The SMILES string of the molecule is CC(C)(CC(=O)O)c1c(Br)ccc2c1OCO2. The molecule has 5 heteroatoms. The van der Waals surface area contributed by atoms with E-state index in [1.165, 1.54) is 0 Å². The molecule has 1 aromatic rings. The quantitative estimate of drug-likeness (QED) is 0.932. The second kappa shape index (κ2) is 4.22. The van der Waals surface area contributed by atoms with Gasteiger partial charge in [-0.3, -0.25) is 4.79 Å². The highest BCUT2D eigenvalue weighted by molar-refractivity contribution is 9.10. The molecule has 0 unspecified atom stereocenters. The Labute approximate surface area is 108 Å². The van der Waals surface area contributed by atoms with Crippen LogP contribution in [0.2, 0.25) is 0 Å². The molecule has 0 saturated heterocycles. The van der Waals surface area contributed by atoms with Crippen molar-refractivity contribution < 1.29 is 19.4 Å². The first-order valence-corrected chi connectivity index (χ1v) is 6.01. The van der Waals surface area contributed by atoms with E-state index in [9.17, 15) is 4.79 Å². The lowest BCUT2D eigenvalue weighted by Gasteiger charge is -2.25. The Hall–Kier alpha value is -1.23. The summed E-state index contributed by atoms with van der Waals surface area (Å²) in [6.45, 7) is 3.94. The number of fused-ring (bicyclic) bond motifs is 1. The Morgan fingerprint density at radius 1 is 1.47 bits per heavy atom. The summed E-state index contributed by atoms with van der Waals surface area (Å²) in [5.41, 5.74) is 0.318. The van der Waals surface area contributed by atoms with Gasteiger partial charge in [0.1, 0.15) is 0 Å². The third-order valence-corrected chi connectivity index (χ3v) is 3.42. The van der Waals surface area contributed by atoms with Crippen LogP contribution in [0.4, 0.5) is 0 Å². The molecule has 1 N–H and O–H groups in total. The van der Waals surface area contributed by atoms with Crippen LogP contribution in [-0.4, -0.2) is 17.9 Å². The highest BCUT2D eigenvalue weighted by atomic mass is 79.9.